The standard InChI is InChI=1S/C9H4Cl3N3OS/c10-5-2-1-4(3-13-5)14-8(16)9-15-6(11)7(12)17-9/h1-3H,(H,14,16). The van der Waals surface area contributed by atoms with Crippen LogP contribution in [0.5, 0.6) is 0 Å². The van der Waals surface area contributed by atoms with Crippen LogP contribution < -0.4 is 5.32 Å². The van der Waals surface area contributed by atoms with Crippen molar-refractivity contribution in [2.24, 2.45) is 0 Å². The minimum atomic E-state index is -0.395. The van der Waals surface area contributed by atoms with Crippen LogP contribution in [0.25, 0.3) is 0 Å². The van der Waals surface area contributed by atoms with Gasteiger partial charge in [0.25, 0.3) is 5.91 Å². The quantitative estimate of drug-likeness (QED) is 0.860. The van der Waals surface area contributed by atoms with Gasteiger partial charge in [0, 0.05) is 0 Å². The van der Waals surface area contributed by atoms with Crippen LogP contribution in [0.4, 0.5) is 5.69 Å². The first-order chi connectivity index (χ1) is 8.06. The molecule has 0 aliphatic rings. The van der Waals surface area contributed by atoms with Gasteiger partial charge in [-0.3, -0.25) is 4.79 Å². The van der Waals surface area contributed by atoms with Crippen molar-refractivity contribution < 1.29 is 4.79 Å². The van der Waals surface area contributed by atoms with E-state index >= 15 is 0 Å². The molecule has 2 heterocycles. The van der Waals surface area contributed by atoms with E-state index in [0.29, 0.717) is 10.8 Å². The largest absolute Gasteiger partial charge is 0.319 e. The Kier molecular flexibility index (Phi) is 3.83. The molecule has 17 heavy (non-hydrogen) atoms. The first-order valence-corrected chi connectivity index (χ1v) is 6.26. The fourth-order valence-corrected chi connectivity index (χ4v) is 2.22. The minimum absolute atomic E-state index is 0.121. The van der Waals surface area contributed by atoms with Crippen LogP contribution in [0.3, 0.4) is 0 Å². The van der Waals surface area contributed by atoms with E-state index in [4.69, 9.17) is 34.8 Å². The molecule has 0 atom stereocenters. The van der Waals surface area contributed by atoms with Crippen molar-refractivity contribution >= 4 is 57.7 Å². The van der Waals surface area contributed by atoms with Gasteiger partial charge in [0.05, 0.1) is 11.9 Å². The molecule has 1 amide bonds. The molecule has 0 aliphatic carbocycles. The van der Waals surface area contributed by atoms with E-state index in [0.717, 1.165) is 11.3 Å². The van der Waals surface area contributed by atoms with Crippen LogP contribution in [0, 0.1) is 0 Å². The topological polar surface area (TPSA) is 54.9 Å². The Morgan fingerprint density at radius 2 is 2.06 bits per heavy atom. The number of nitrogens with one attached hydrogen (secondary N) is 1. The molecule has 4 nitrogen and oxygen atoms in total. The average Bonchev–Trinajstić information content (AvgIpc) is 2.63. The molecule has 1 N–H and O–H groups in total. The van der Waals surface area contributed by atoms with Gasteiger partial charge in [-0.05, 0) is 12.1 Å². The summed E-state index contributed by atoms with van der Waals surface area (Å²) < 4.78 is 0.283. The van der Waals surface area contributed by atoms with Gasteiger partial charge in [0.2, 0.25) is 0 Å². The lowest BCUT2D eigenvalue weighted by Gasteiger charge is -2.01. The minimum Gasteiger partial charge on any atom is -0.319 e. The highest BCUT2D eigenvalue weighted by Gasteiger charge is 2.14. The Balaban J connectivity index is 2.14. The second kappa shape index (κ2) is 5.18. The summed E-state index contributed by atoms with van der Waals surface area (Å²) >= 11 is 18.0. The van der Waals surface area contributed by atoms with E-state index in [2.05, 4.69) is 15.3 Å². The SMILES string of the molecule is O=C(Nc1ccc(Cl)nc1)c1nc(Cl)c(Cl)s1. The van der Waals surface area contributed by atoms with Crippen molar-refractivity contribution in [3.05, 3.63) is 38.0 Å². The number of hydrogen-bond acceptors (Lipinski definition) is 4. The van der Waals surface area contributed by atoms with Crippen molar-refractivity contribution in [1.29, 1.82) is 0 Å². The van der Waals surface area contributed by atoms with Gasteiger partial charge >= 0.3 is 0 Å². The zero-order valence-electron chi connectivity index (χ0n) is 8.08. The first kappa shape index (κ1) is 12.6. The summed E-state index contributed by atoms with van der Waals surface area (Å²) in [5, 5.41) is 3.26. The van der Waals surface area contributed by atoms with Gasteiger partial charge < -0.3 is 5.32 Å². The maximum absolute atomic E-state index is 11.7. The van der Waals surface area contributed by atoms with E-state index in [1.54, 1.807) is 12.1 Å². The summed E-state index contributed by atoms with van der Waals surface area (Å²) in [7, 11) is 0. The maximum Gasteiger partial charge on any atom is 0.284 e. The lowest BCUT2D eigenvalue weighted by Crippen LogP contribution is -2.11. The van der Waals surface area contributed by atoms with Gasteiger partial charge in [0.15, 0.2) is 10.2 Å². The van der Waals surface area contributed by atoms with Crippen molar-refractivity contribution in [1.82, 2.24) is 9.97 Å². The molecule has 88 valence electrons. The number of hydrogen-bond donors (Lipinski definition) is 1. The number of amides is 1. The van der Waals surface area contributed by atoms with Crippen LogP contribution in [0.1, 0.15) is 9.80 Å². The van der Waals surface area contributed by atoms with Gasteiger partial charge in [-0.25, -0.2) is 9.97 Å². The fraction of sp³-hybridized carbons (Fsp3) is 0. The number of halogens is 3. The molecule has 0 spiro atoms. The van der Waals surface area contributed by atoms with E-state index in [9.17, 15) is 4.79 Å². The van der Waals surface area contributed by atoms with E-state index in [1.807, 2.05) is 0 Å². The average molecular weight is 309 g/mol. The summed E-state index contributed by atoms with van der Waals surface area (Å²) in [6.07, 6.45) is 1.44. The molecular weight excluding hydrogens is 305 g/mol. The maximum atomic E-state index is 11.7. The highest BCUT2D eigenvalue weighted by atomic mass is 35.5. The summed E-state index contributed by atoms with van der Waals surface area (Å²) in [6.45, 7) is 0. The number of nitrogens with zero attached hydrogens (tertiary/aromatic N) is 2. The van der Waals surface area contributed by atoms with Gasteiger partial charge in [0.1, 0.15) is 9.49 Å². The normalized spacial score (nSPS) is 10.3. The predicted molar refractivity (Wildman–Crippen MR) is 69.3 cm³/mol. The lowest BCUT2D eigenvalue weighted by atomic mass is 10.4. The summed E-state index contributed by atoms with van der Waals surface area (Å²) in [5.41, 5.74) is 0.516. The fourth-order valence-electron chi connectivity index (χ4n) is 1.01. The smallest absolute Gasteiger partial charge is 0.284 e. The number of carbonyl (C=O) groups excluding carboxylic acids is 1. The molecule has 0 unspecified atom stereocenters. The Bertz CT molecular complexity index is 536. The molecule has 0 saturated heterocycles. The van der Waals surface area contributed by atoms with E-state index < -0.39 is 5.91 Å². The van der Waals surface area contributed by atoms with Crippen LogP contribution in [-0.4, -0.2) is 15.9 Å². The third-order valence-corrected chi connectivity index (χ3v) is 3.69. The van der Waals surface area contributed by atoms with Crippen LogP contribution in [0.2, 0.25) is 14.6 Å². The Labute approximate surface area is 116 Å². The predicted octanol–water partition coefficient (Wildman–Crippen LogP) is 3.75. The molecule has 2 rings (SSSR count). The van der Waals surface area contributed by atoms with Gasteiger partial charge in [-0.15, -0.1) is 0 Å². The molecule has 2 aromatic rings. The molecule has 2 aromatic heterocycles. The van der Waals surface area contributed by atoms with Crippen LogP contribution >= 0.6 is 46.1 Å². The zero-order chi connectivity index (χ0) is 12.4. The second-order valence-corrected chi connectivity index (χ2v) is 5.25. The number of carbonyl (C=O) groups is 1. The Hall–Kier alpha value is -0.880. The van der Waals surface area contributed by atoms with Crippen molar-refractivity contribution in [2.45, 2.75) is 0 Å². The van der Waals surface area contributed by atoms with E-state index in [-0.39, 0.29) is 14.5 Å². The zero-order valence-corrected chi connectivity index (χ0v) is 11.2. The third kappa shape index (κ3) is 3.07. The number of pyridine rings is 1. The summed E-state index contributed by atoms with van der Waals surface area (Å²) in [6, 6.07) is 3.20. The van der Waals surface area contributed by atoms with Gasteiger partial charge in [-0.2, -0.15) is 0 Å². The second-order valence-electron chi connectivity index (χ2n) is 2.91. The van der Waals surface area contributed by atoms with Crippen molar-refractivity contribution in [3.63, 3.8) is 0 Å². The first-order valence-electron chi connectivity index (χ1n) is 4.31. The van der Waals surface area contributed by atoms with Crippen molar-refractivity contribution in [3.8, 4) is 0 Å². The molecule has 0 saturated carbocycles. The number of aromatic nitrogens is 2. The molecular formula is C9H4Cl3N3OS. The third-order valence-electron chi connectivity index (χ3n) is 1.73. The molecule has 8 heteroatoms. The number of anilines is 1. The summed E-state index contributed by atoms with van der Waals surface area (Å²) in [5.74, 6) is -0.395. The molecule has 0 aliphatic heterocycles. The molecule has 0 fully saturated rings. The molecule has 0 bridgehead atoms. The highest BCUT2D eigenvalue weighted by Crippen LogP contribution is 2.28. The number of rotatable bonds is 2. The highest BCUT2D eigenvalue weighted by molar-refractivity contribution is 7.18. The monoisotopic (exact) mass is 307 g/mol. The van der Waals surface area contributed by atoms with Crippen molar-refractivity contribution in [2.75, 3.05) is 5.32 Å². The Morgan fingerprint density at radius 1 is 1.29 bits per heavy atom. The lowest BCUT2D eigenvalue weighted by molar-refractivity contribution is 0.102. The Morgan fingerprint density at radius 3 is 2.59 bits per heavy atom. The molecule has 0 radical (unpaired) electrons. The van der Waals surface area contributed by atoms with Crippen LogP contribution in [-0.2, 0) is 0 Å². The summed E-state index contributed by atoms with van der Waals surface area (Å²) in [4.78, 5) is 19.4. The van der Waals surface area contributed by atoms with E-state index in [1.165, 1.54) is 6.20 Å². The molecule has 0 aromatic carbocycles. The van der Waals surface area contributed by atoms with Crippen LogP contribution in [0.15, 0.2) is 18.3 Å². The van der Waals surface area contributed by atoms with Gasteiger partial charge in [-0.1, -0.05) is 46.1 Å². The number of thiazole rings is 1.